The molecule has 4 heteroatoms. The lowest BCUT2D eigenvalue weighted by Gasteiger charge is -2.04. The average Bonchev–Trinajstić information content (AvgIpc) is 1.87. The second-order valence-electron chi connectivity index (χ2n) is 1.66. The summed E-state index contributed by atoms with van der Waals surface area (Å²) >= 11 is 0. The molecular formula is C6H9NO3. The van der Waals surface area contributed by atoms with Crippen molar-refractivity contribution in [1.82, 2.24) is 5.32 Å². The monoisotopic (exact) mass is 143 g/mol. The minimum Gasteiger partial charge on any atom is -0.480 e. The van der Waals surface area contributed by atoms with Crippen LogP contribution in [0.5, 0.6) is 0 Å². The van der Waals surface area contributed by atoms with Gasteiger partial charge in [-0.2, -0.15) is 0 Å². The van der Waals surface area contributed by atoms with Crippen LogP contribution in [0.3, 0.4) is 0 Å². The van der Waals surface area contributed by atoms with Gasteiger partial charge in [0.1, 0.15) is 12.0 Å². The highest BCUT2D eigenvalue weighted by Crippen LogP contribution is 1.81. The summed E-state index contributed by atoms with van der Waals surface area (Å²) in [5.41, 5.74) is 0. The fourth-order valence-corrected chi connectivity index (χ4v) is 0.505. The van der Waals surface area contributed by atoms with E-state index in [-0.39, 0.29) is 0 Å². The zero-order valence-corrected chi connectivity index (χ0v) is 5.63. The molecule has 0 bridgehead atoms. The van der Waals surface area contributed by atoms with Gasteiger partial charge in [0.2, 0.25) is 0 Å². The highest BCUT2D eigenvalue weighted by molar-refractivity contribution is 5.78. The molecule has 0 spiro atoms. The Morgan fingerprint density at radius 2 is 2.50 bits per heavy atom. The maximum absolute atomic E-state index is 10.2. The van der Waals surface area contributed by atoms with Crippen molar-refractivity contribution >= 4 is 11.9 Å². The number of hydrogen-bond donors (Lipinski definition) is 2. The van der Waals surface area contributed by atoms with Gasteiger partial charge in [-0.15, -0.1) is 0 Å². The third-order valence-electron chi connectivity index (χ3n) is 0.925. The van der Waals surface area contributed by atoms with Gasteiger partial charge in [-0.1, -0.05) is 6.92 Å². The molecule has 0 saturated carbocycles. The van der Waals surface area contributed by atoms with Crippen molar-refractivity contribution in [2.24, 2.45) is 0 Å². The Morgan fingerprint density at radius 3 is 2.80 bits per heavy atom. The summed E-state index contributed by atoms with van der Waals surface area (Å²) in [5, 5.41) is 10.9. The Morgan fingerprint density at radius 1 is 1.90 bits per heavy atom. The first-order chi connectivity index (χ1) is 4.72. The van der Waals surface area contributed by atoms with E-state index < -0.39 is 12.0 Å². The van der Waals surface area contributed by atoms with E-state index in [4.69, 9.17) is 5.11 Å². The maximum atomic E-state index is 10.2. The Kier molecular flexibility index (Phi) is 4.20. The number of carbonyl (C=O) groups is 1. The van der Waals surface area contributed by atoms with Gasteiger partial charge >= 0.3 is 5.97 Å². The number of aliphatic carboxylic acids is 1. The van der Waals surface area contributed by atoms with E-state index in [0.717, 1.165) is 6.08 Å². The molecule has 0 rings (SSSR count). The predicted octanol–water partition coefficient (Wildman–Crippen LogP) is -0.563. The number of carboxylic acid groups (broad SMARTS) is 1. The molecule has 4 nitrogen and oxygen atoms in total. The van der Waals surface area contributed by atoms with Crippen molar-refractivity contribution in [3.05, 3.63) is 6.08 Å². The fourth-order valence-electron chi connectivity index (χ4n) is 0.505. The third-order valence-corrected chi connectivity index (χ3v) is 0.925. The number of carbonyl (C=O) groups excluding carboxylic acids is 1. The van der Waals surface area contributed by atoms with E-state index in [1.807, 2.05) is 0 Å². The Labute approximate surface area is 58.5 Å². The number of rotatable bonds is 4. The molecule has 0 aliphatic carbocycles. The fraction of sp³-hybridized carbons (Fsp3) is 0.500. The highest BCUT2D eigenvalue weighted by atomic mass is 16.4. The standard InChI is InChI=1S/C6H9NO3/c1-2-7-5(3-4-8)6(9)10/h3,5,7H,2H2,1H3,(H,9,10)/t5-/m0/s1. The van der Waals surface area contributed by atoms with E-state index in [1.54, 1.807) is 6.92 Å². The SMILES string of the molecule is CCN[C@@H](C=C=O)C(=O)O. The summed E-state index contributed by atoms with van der Waals surface area (Å²) in [7, 11) is 0. The molecule has 0 aromatic carbocycles. The van der Waals surface area contributed by atoms with Crippen LogP contribution in [0.2, 0.25) is 0 Å². The molecule has 2 N–H and O–H groups in total. The second kappa shape index (κ2) is 4.73. The van der Waals surface area contributed by atoms with E-state index in [1.165, 1.54) is 5.94 Å². The molecule has 0 amide bonds. The van der Waals surface area contributed by atoms with Crippen LogP contribution in [0.25, 0.3) is 0 Å². The molecular weight excluding hydrogens is 134 g/mol. The smallest absolute Gasteiger partial charge is 0.325 e. The van der Waals surface area contributed by atoms with Crippen LogP contribution in [0, 0.1) is 0 Å². The van der Waals surface area contributed by atoms with Gasteiger partial charge in [-0.25, -0.2) is 4.79 Å². The van der Waals surface area contributed by atoms with Crippen LogP contribution in [0.15, 0.2) is 6.08 Å². The van der Waals surface area contributed by atoms with Crippen LogP contribution in [-0.2, 0) is 9.59 Å². The van der Waals surface area contributed by atoms with Crippen LogP contribution >= 0.6 is 0 Å². The lowest BCUT2D eigenvalue weighted by atomic mass is 10.3. The zero-order chi connectivity index (χ0) is 7.98. The van der Waals surface area contributed by atoms with Gasteiger partial charge in [0, 0.05) is 6.08 Å². The van der Waals surface area contributed by atoms with Crippen molar-refractivity contribution in [1.29, 1.82) is 0 Å². The van der Waals surface area contributed by atoms with E-state index >= 15 is 0 Å². The molecule has 0 unspecified atom stereocenters. The van der Waals surface area contributed by atoms with Crippen molar-refractivity contribution < 1.29 is 14.7 Å². The molecule has 1 atom stereocenters. The third kappa shape index (κ3) is 3.02. The lowest BCUT2D eigenvalue weighted by molar-refractivity contribution is -0.138. The molecule has 0 radical (unpaired) electrons. The van der Waals surface area contributed by atoms with Crippen LogP contribution in [-0.4, -0.2) is 29.6 Å². The average molecular weight is 143 g/mol. The van der Waals surface area contributed by atoms with Crippen molar-refractivity contribution in [2.45, 2.75) is 13.0 Å². The van der Waals surface area contributed by atoms with Gasteiger partial charge in [0.15, 0.2) is 0 Å². The molecule has 56 valence electrons. The normalized spacial score (nSPS) is 11.7. The lowest BCUT2D eigenvalue weighted by Crippen LogP contribution is -2.34. The molecule has 0 aromatic rings. The summed E-state index contributed by atoms with van der Waals surface area (Å²) in [6, 6.07) is -0.900. The minimum absolute atomic E-state index is 0.509. The quantitative estimate of drug-likeness (QED) is 0.517. The molecule has 0 aromatic heterocycles. The van der Waals surface area contributed by atoms with Crippen LogP contribution < -0.4 is 5.32 Å². The van der Waals surface area contributed by atoms with Crippen molar-refractivity contribution in [3.8, 4) is 0 Å². The minimum atomic E-state index is -1.06. The summed E-state index contributed by atoms with van der Waals surface area (Å²) in [6.07, 6.45) is 0.936. The van der Waals surface area contributed by atoms with Gasteiger partial charge in [-0.3, -0.25) is 4.79 Å². The van der Waals surface area contributed by atoms with Crippen molar-refractivity contribution in [3.63, 3.8) is 0 Å². The number of nitrogens with one attached hydrogen (secondary N) is 1. The van der Waals surface area contributed by atoms with Gasteiger partial charge in [-0.05, 0) is 6.54 Å². The number of likely N-dealkylation sites (N-methyl/N-ethyl adjacent to an activating group) is 1. The Bertz CT molecular complexity index is 158. The van der Waals surface area contributed by atoms with E-state index in [0.29, 0.717) is 6.54 Å². The summed E-state index contributed by atoms with van der Waals surface area (Å²) in [4.78, 5) is 19.9. The highest BCUT2D eigenvalue weighted by Gasteiger charge is 2.11. The molecule has 10 heavy (non-hydrogen) atoms. The van der Waals surface area contributed by atoms with E-state index in [2.05, 4.69) is 5.32 Å². The van der Waals surface area contributed by atoms with Gasteiger partial charge in [0.25, 0.3) is 0 Å². The molecule has 0 fully saturated rings. The first-order valence-corrected chi connectivity index (χ1v) is 2.89. The van der Waals surface area contributed by atoms with E-state index in [9.17, 15) is 9.59 Å². The second-order valence-corrected chi connectivity index (χ2v) is 1.66. The summed E-state index contributed by atoms with van der Waals surface area (Å²) < 4.78 is 0. The van der Waals surface area contributed by atoms with Crippen molar-refractivity contribution in [2.75, 3.05) is 6.54 Å². The summed E-state index contributed by atoms with van der Waals surface area (Å²) in [6.45, 7) is 2.27. The topological polar surface area (TPSA) is 66.4 Å². The first kappa shape index (κ1) is 8.88. The predicted molar refractivity (Wildman–Crippen MR) is 35.4 cm³/mol. The first-order valence-electron chi connectivity index (χ1n) is 2.89. The Hall–Kier alpha value is -1.12. The molecule has 0 aliphatic heterocycles. The maximum Gasteiger partial charge on any atom is 0.325 e. The largest absolute Gasteiger partial charge is 0.480 e. The van der Waals surface area contributed by atoms with Gasteiger partial charge < -0.3 is 10.4 Å². The number of carboxylic acids is 1. The van der Waals surface area contributed by atoms with Gasteiger partial charge in [0.05, 0.1) is 0 Å². The zero-order valence-electron chi connectivity index (χ0n) is 5.63. The number of hydrogen-bond acceptors (Lipinski definition) is 3. The Balaban J connectivity index is 3.97. The molecule has 0 heterocycles. The molecule has 0 saturated heterocycles. The summed E-state index contributed by atoms with van der Waals surface area (Å²) in [5.74, 6) is 0.351. The molecule has 0 aliphatic rings. The van der Waals surface area contributed by atoms with Crippen LogP contribution in [0.1, 0.15) is 6.92 Å². The van der Waals surface area contributed by atoms with Crippen LogP contribution in [0.4, 0.5) is 0 Å².